The summed E-state index contributed by atoms with van der Waals surface area (Å²) in [6.07, 6.45) is -1.17. The molecule has 3 heterocycles. The summed E-state index contributed by atoms with van der Waals surface area (Å²) in [5.41, 5.74) is 4.01. The highest BCUT2D eigenvalue weighted by molar-refractivity contribution is 9.10. The highest BCUT2D eigenvalue weighted by atomic mass is 79.9. The lowest BCUT2D eigenvalue weighted by Gasteiger charge is -2.24. The first-order valence-corrected chi connectivity index (χ1v) is 23.5. The standard InChI is InChI=1S/C17H21NO5.C15H17NO5.C13H16BrNO2.C6H10O4/c1-5-22-15(20)14(19)12-8-6-7-11-9-18(10-13(11)12)16(21)23-17(2,3)4;1-15(2,3)21-14(20)16-7-9-5-4-6-10(11(9)8-16)12(17)13(18)19;1-13(2,3)17-12(16)15-7-9-5-4-6-11(14)10(9)8-15;1-3-9-5(7)6(8)10-4-2/h6-8H,5,9-10H2,1-4H3;4-6H,7-8H2,1-3H3,(H,18,19);4-6H,7-8H2,1-3H3;3-4H2,1-2H3. The molecule has 71 heavy (non-hydrogen) atoms. The molecule has 0 saturated carbocycles. The predicted molar refractivity (Wildman–Crippen MR) is 260 cm³/mol. The van der Waals surface area contributed by atoms with E-state index >= 15 is 0 Å². The molecule has 3 amide bonds. The number of rotatable bonds is 7. The number of carboxylic acid groups (broad SMARTS) is 1. The number of ether oxygens (including phenoxy) is 6. The molecule has 3 aliphatic rings. The lowest BCUT2D eigenvalue weighted by molar-refractivity contribution is -0.167. The summed E-state index contributed by atoms with van der Waals surface area (Å²) < 4.78 is 30.5. The molecule has 0 aliphatic carbocycles. The lowest BCUT2D eigenvalue weighted by atomic mass is 10.0. The number of amides is 3. The molecule has 1 N–H and O–H groups in total. The third-order valence-corrected chi connectivity index (χ3v) is 10.5. The number of carbonyl (C=O) groups is 9. The first-order valence-electron chi connectivity index (χ1n) is 22.7. The van der Waals surface area contributed by atoms with Crippen molar-refractivity contribution in [3.63, 3.8) is 0 Å². The predicted octanol–water partition coefficient (Wildman–Crippen LogP) is 8.70. The van der Waals surface area contributed by atoms with E-state index in [9.17, 15) is 43.2 Å². The first-order chi connectivity index (χ1) is 33.0. The van der Waals surface area contributed by atoms with E-state index < -0.39 is 64.4 Å². The van der Waals surface area contributed by atoms with Crippen molar-refractivity contribution in [2.24, 2.45) is 0 Å². The van der Waals surface area contributed by atoms with Crippen molar-refractivity contribution in [1.82, 2.24) is 14.7 Å². The maximum atomic E-state index is 12.2. The second-order valence-corrected chi connectivity index (χ2v) is 19.8. The van der Waals surface area contributed by atoms with Crippen LogP contribution >= 0.6 is 15.9 Å². The summed E-state index contributed by atoms with van der Waals surface area (Å²) in [5.74, 6) is -5.88. The van der Waals surface area contributed by atoms with Crippen molar-refractivity contribution in [2.45, 2.75) is 139 Å². The number of nitrogens with zero attached hydrogens (tertiary/aromatic N) is 3. The largest absolute Gasteiger partial charge is 0.475 e. The number of ketones is 2. The van der Waals surface area contributed by atoms with Crippen LogP contribution in [-0.4, -0.2) is 110 Å². The number of aliphatic carboxylic acids is 1. The molecular weight excluding hydrogens is 990 g/mol. The Balaban J connectivity index is 0.000000259. The first kappa shape index (κ1) is 58.5. The Morgan fingerprint density at radius 1 is 0.465 bits per heavy atom. The average Bonchev–Trinajstić information content (AvgIpc) is 4.03. The molecule has 0 radical (unpaired) electrons. The van der Waals surface area contributed by atoms with Gasteiger partial charge in [-0.25, -0.2) is 33.6 Å². The highest BCUT2D eigenvalue weighted by Gasteiger charge is 2.34. The van der Waals surface area contributed by atoms with Crippen LogP contribution in [0.5, 0.6) is 0 Å². The molecule has 0 saturated heterocycles. The molecule has 19 nitrogen and oxygen atoms in total. The molecular formula is C51H64BrN3O16. The molecule has 0 bridgehead atoms. The molecule has 386 valence electrons. The van der Waals surface area contributed by atoms with Gasteiger partial charge in [-0.2, -0.15) is 0 Å². The van der Waals surface area contributed by atoms with Crippen LogP contribution in [0.25, 0.3) is 0 Å². The molecule has 6 rings (SSSR count). The normalized spacial score (nSPS) is 13.2. The molecule has 0 aromatic heterocycles. The van der Waals surface area contributed by atoms with Crippen LogP contribution in [0.3, 0.4) is 0 Å². The Morgan fingerprint density at radius 3 is 1.10 bits per heavy atom. The fourth-order valence-corrected chi connectivity index (χ4v) is 7.35. The quantitative estimate of drug-likeness (QED) is 0.101. The zero-order chi connectivity index (χ0) is 53.6. The van der Waals surface area contributed by atoms with Crippen molar-refractivity contribution in [3.05, 3.63) is 104 Å². The van der Waals surface area contributed by atoms with Gasteiger partial charge in [0.05, 0.1) is 39.5 Å². The number of Topliss-reactive ketones (excluding diaryl/α,β-unsaturated/α-hetero) is 2. The fraction of sp³-hybridized carbons (Fsp3) is 0.471. The number of hydrogen-bond acceptors (Lipinski definition) is 15. The van der Waals surface area contributed by atoms with Gasteiger partial charge in [-0.15, -0.1) is 0 Å². The van der Waals surface area contributed by atoms with Crippen LogP contribution in [-0.2, 0) is 86.9 Å². The van der Waals surface area contributed by atoms with Gasteiger partial charge in [-0.3, -0.25) is 24.3 Å². The van der Waals surface area contributed by atoms with E-state index in [1.807, 2.05) is 45.0 Å². The summed E-state index contributed by atoms with van der Waals surface area (Å²) in [7, 11) is 0. The minimum atomic E-state index is -1.50. The number of carbonyl (C=O) groups excluding carboxylic acids is 8. The second kappa shape index (κ2) is 25.3. The minimum Gasteiger partial charge on any atom is -0.475 e. The van der Waals surface area contributed by atoms with Crippen molar-refractivity contribution < 1.29 is 76.7 Å². The van der Waals surface area contributed by atoms with E-state index in [1.54, 1.807) is 91.5 Å². The summed E-state index contributed by atoms with van der Waals surface area (Å²) in [4.78, 5) is 108. The van der Waals surface area contributed by atoms with Crippen LogP contribution in [0, 0.1) is 0 Å². The number of esters is 3. The zero-order valence-corrected chi connectivity index (χ0v) is 43.9. The summed E-state index contributed by atoms with van der Waals surface area (Å²) in [6.45, 7) is 24.1. The van der Waals surface area contributed by atoms with E-state index in [0.29, 0.717) is 37.3 Å². The zero-order valence-electron chi connectivity index (χ0n) is 42.4. The highest BCUT2D eigenvalue weighted by Crippen LogP contribution is 2.32. The number of halogens is 1. The molecule has 0 spiro atoms. The molecule has 0 atom stereocenters. The van der Waals surface area contributed by atoms with Gasteiger partial charge in [0.15, 0.2) is 0 Å². The van der Waals surface area contributed by atoms with Crippen molar-refractivity contribution in [2.75, 3.05) is 19.8 Å². The van der Waals surface area contributed by atoms with Crippen LogP contribution < -0.4 is 0 Å². The van der Waals surface area contributed by atoms with E-state index in [4.69, 9.17) is 24.1 Å². The fourth-order valence-electron chi connectivity index (χ4n) is 6.82. The Morgan fingerprint density at radius 2 is 0.775 bits per heavy atom. The number of benzene rings is 3. The molecule has 3 aliphatic heterocycles. The van der Waals surface area contributed by atoms with Crippen LogP contribution in [0.1, 0.15) is 137 Å². The maximum absolute atomic E-state index is 12.2. The summed E-state index contributed by atoms with van der Waals surface area (Å²) >= 11 is 3.51. The van der Waals surface area contributed by atoms with Crippen molar-refractivity contribution in [1.29, 1.82) is 0 Å². The Hall–Kier alpha value is -6.83. The van der Waals surface area contributed by atoms with Gasteiger partial charge in [-0.05, 0) is 123 Å². The second-order valence-electron chi connectivity index (χ2n) is 18.9. The van der Waals surface area contributed by atoms with Crippen molar-refractivity contribution >= 4 is 69.7 Å². The monoisotopic (exact) mass is 1050 g/mol. The van der Waals surface area contributed by atoms with Crippen LogP contribution in [0.15, 0.2) is 59.1 Å². The lowest BCUT2D eigenvalue weighted by Crippen LogP contribution is -2.33. The molecule has 0 unspecified atom stereocenters. The Kier molecular flexibility index (Phi) is 20.9. The van der Waals surface area contributed by atoms with E-state index in [-0.39, 0.29) is 50.1 Å². The molecule has 20 heteroatoms. The number of hydrogen-bond donors (Lipinski definition) is 1. The smallest absolute Gasteiger partial charge is 0.417 e. The number of carboxylic acids is 1. The van der Waals surface area contributed by atoms with E-state index in [2.05, 4.69) is 25.4 Å². The van der Waals surface area contributed by atoms with Gasteiger partial charge >= 0.3 is 42.2 Å². The van der Waals surface area contributed by atoms with Gasteiger partial charge in [0.2, 0.25) is 0 Å². The van der Waals surface area contributed by atoms with Crippen LogP contribution in [0.4, 0.5) is 14.4 Å². The van der Waals surface area contributed by atoms with Gasteiger partial charge < -0.3 is 33.5 Å². The number of fused-ring (bicyclic) bond motifs is 3. The van der Waals surface area contributed by atoms with Gasteiger partial charge in [-0.1, -0.05) is 64.5 Å². The van der Waals surface area contributed by atoms with Gasteiger partial charge in [0.25, 0.3) is 11.6 Å². The molecule has 0 fully saturated rings. The summed E-state index contributed by atoms with van der Waals surface area (Å²) in [6, 6.07) is 16.0. The van der Waals surface area contributed by atoms with Gasteiger partial charge in [0, 0.05) is 35.2 Å². The third kappa shape index (κ3) is 17.8. The minimum absolute atomic E-state index is 0.131. The molecule has 3 aromatic rings. The Bertz CT molecular complexity index is 2470. The SMILES string of the molecule is CC(C)(C)OC(=O)N1Cc2cccc(Br)c2C1.CC(C)(C)OC(=O)N1Cc2cccc(C(=O)C(=O)O)c2C1.CCOC(=O)C(=O)OCC.CCOC(=O)C(=O)c1cccc2c1CN(C(=O)OC(C)(C)C)C2. The van der Waals surface area contributed by atoms with E-state index in [0.717, 1.165) is 15.6 Å². The van der Waals surface area contributed by atoms with Crippen LogP contribution in [0.2, 0.25) is 0 Å². The summed E-state index contributed by atoms with van der Waals surface area (Å²) in [5, 5.41) is 8.84. The maximum Gasteiger partial charge on any atom is 0.417 e. The third-order valence-electron chi connectivity index (χ3n) is 9.71. The molecule has 3 aromatic carbocycles. The Labute approximate surface area is 422 Å². The van der Waals surface area contributed by atoms with Crippen molar-refractivity contribution in [3.8, 4) is 0 Å². The van der Waals surface area contributed by atoms with Gasteiger partial charge in [0.1, 0.15) is 16.8 Å². The average molecular weight is 1050 g/mol. The topological polar surface area (TPSA) is 239 Å². The van der Waals surface area contributed by atoms with E-state index in [1.165, 1.54) is 27.0 Å².